The molecule has 0 saturated heterocycles. The van der Waals surface area contributed by atoms with Gasteiger partial charge in [-0.3, -0.25) is 4.79 Å². The van der Waals surface area contributed by atoms with E-state index in [0.29, 0.717) is 23.7 Å². The molecule has 8 heteroatoms. The van der Waals surface area contributed by atoms with E-state index in [1.165, 1.54) is 6.20 Å². The van der Waals surface area contributed by atoms with Crippen LogP contribution in [-0.4, -0.2) is 37.2 Å². The smallest absolute Gasteiger partial charge is 0.270 e. The lowest BCUT2D eigenvalue weighted by molar-refractivity contribution is 0.0946. The van der Waals surface area contributed by atoms with E-state index in [1.807, 2.05) is 24.3 Å². The molecule has 0 aliphatic carbocycles. The largest absolute Gasteiger partial charge is 0.497 e. The summed E-state index contributed by atoms with van der Waals surface area (Å²) in [6.07, 6.45) is 1.52. The van der Waals surface area contributed by atoms with E-state index in [0.717, 1.165) is 11.3 Å². The zero-order valence-electron chi connectivity index (χ0n) is 16.4. The van der Waals surface area contributed by atoms with Crippen LogP contribution in [0.15, 0.2) is 54.7 Å². The van der Waals surface area contributed by atoms with Gasteiger partial charge in [-0.15, -0.1) is 0 Å². The quantitative estimate of drug-likeness (QED) is 0.606. The monoisotopic (exact) mass is 394 g/mol. The lowest BCUT2D eigenvalue weighted by Gasteiger charge is -2.12. The Morgan fingerprint density at radius 3 is 2.34 bits per heavy atom. The number of aromatic nitrogens is 2. The predicted molar refractivity (Wildman–Crippen MR) is 109 cm³/mol. The number of nitrogens with zero attached hydrogens (tertiary/aromatic N) is 2. The maximum Gasteiger partial charge on any atom is 0.270 e. The number of hydrogen-bond donors (Lipinski definition) is 2. The molecule has 8 nitrogen and oxygen atoms in total. The van der Waals surface area contributed by atoms with Gasteiger partial charge in [-0.25, -0.2) is 9.97 Å². The van der Waals surface area contributed by atoms with Gasteiger partial charge in [0.25, 0.3) is 5.91 Å². The van der Waals surface area contributed by atoms with Gasteiger partial charge in [0, 0.05) is 18.8 Å². The van der Waals surface area contributed by atoms with E-state index in [2.05, 4.69) is 20.6 Å². The van der Waals surface area contributed by atoms with E-state index >= 15 is 0 Å². The molecule has 0 atom stereocenters. The minimum Gasteiger partial charge on any atom is -0.497 e. The summed E-state index contributed by atoms with van der Waals surface area (Å²) in [6, 6.07) is 14.3. The van der Waals surface area contributed by atoms with Crippen molar-refractivity contribution < 1.29 is 19.0 Å². The molecule has 0 unspecified atom stereocenters. The maximum absolute atomic E-state index is 12.5. The molecular formula is C21H22N4O4. The molecule has 1 aromatic heterocycles. The predicted octanol–water partition coefficient (Wildman–Crippen LogP) is 3.18. The highest BCUT2D eigenvalue weighted by molar-refractivity contribution is 5.92. The Kier molecular flexibility index (Phi) is 6.47. The van der Waals surface area contributed by atoms with Crippen molar-refractivity contribution in [2.24, 2.45) is 0 Å². The van der Waals surface area contributed by atoms with Crippen molar-refractivity contribution >= 4 is 17.5 Å². The topological polar surface area (TPSA) is 94.6 Å². The van der Waals surface area contributed by atoms with Crippen LogP contribution in [0.1, 0.15) is 16.1 Å². The summed E-state index contributed by atoms with van der Waals surface area (Å²) in [6.45, 7) is 0.374. The van der Waals surface area contributed by atoms with E-state index in [9.17, 15) is 4.79 Å². The Bertz CT molecular complexity index is 977. The highest BCUT2D eigenvalue weighted by Crippen LogP contribution is 2.30. The third-order valence-electron chi connectivity index (χ3n) is 4.15. The summed E-state index contributed by atoms with van der Waals surface area (Å²) in [5, 5.41) is 5.90. The van der Waals surface area contributed by atoms with Gasteiger partial charge in [0.05, 0.1) is 27.0 Å². The average molecular weight is 394 g/mol. The highest BCUT2D eigenvalue weighted by atomic mass is 16.5. The van der Waals surface area contributed by atoms with Gasteiger partial charge in [-0.05, 0) is 35.9 Å². The van der Waals surface area contributed by atoms with Crippen molar-refractivity contribution in [3.63, 3.8) is 0 Å². The molecule has 29 heavy (non-hydrogen) atoms. The van der Waals surface area contributed by atoms with Crippen LogP contribution in [0.5, 0.6) is 17.2 Å². The van der Waals surface area contributed by atoms with Crippen LogP contribution in [-0.2, 0) is 6.54 Å². The third kappa shape index (κ3) is 5.13. The SMILES string of the molecule is COc1ccc(CNC(=O)c2ccnc(Nc3cc(OC)ccc3OC)n2)cc1. The molecule has 0 radical (unpaired) electrons. The van der Waals surface area contributed by atoms with Gasteiger partial charge in [0.1, 0.15) is 22.9 Å². The van der Waals surface area contributed by atoms with Crippen LogP contribution in [0.25, 0.3) is 0 Å². The number of ether oxygens (including phenoxy) is 3. The molecule has 3 aromatic rings. The second-order valence-electron chi connectivity index (χ2n) is 5.99. The van der Waals surface area contributed by atoms with Crippen LogP contribution in [0.4, 0.5) is 11.6 Å². The fourth-order valence-electron chi connectivity index (χ4n) is 2.59. The first-order valence-corrected chi connectivity index (χ1v) is 8.86. The molecule has 2 aromatic carbocycles. The van der Waals surface area contributed by atoms with Crippen LogP contribution in [0.3, 0.4) is 0 Å². The zero-order valence-corrected chi connectivity index (χ0v) is 16.4. The molecule has 3 rings (SSSR count). The van der Waals surface area contributed by atoms with Crippen LogP contribution in [0.2, 0.25) is 0 Å². The molecule has 150 valence electrons. The molecule has 0 bridgehead atoms. The van der Waals surface area contributed by atoms with E-state index < -0.39 is 0 Å². The number of carbonyl (C=O) groups is 1. The Labute approximate surface area is 168 Å². The number of carbonyl (C=O) groups excluding carboxylic acids is 1. The highest BCUT2D eigenvalue weighted by Gasteiger charge is 2.11. The first-order chi connectivity index (χ1) is 14.1. The van der Waals surface area contributed by atoms with Crippen molar-refractivity contribution in [3.05, 3.63) is 66.0 Å². The Balaban J connectivity index is 1.69. The van der Waals surface area contributed by atoms with Crippen molar-refractivity contribution in [1.29, 1.82) is 0 Å². The first kappa shape index (κ1) is 19.9. The van der Waals surface area contributed by atoms with Crippen molar-refractivity contribution in [2.45, 2.75) is 6.54 Å². The van der Waals surface area contributed by atoms with Crippen molar-refractivity contribution in [3.8, 4) is 17.2 Å². The summed E-state index contributed by atoms with van der Waals surface area (Å²) >= 11 is 0. The number of benzene rings is 2. The summed E-state index contributed by atoms with van der Waals surface area (Å²) in [5.41, 5.74) is 1.83. The second-order valence-corrected chi connectivity index (χ2v) is 5.99. The average Bonchev–Trinajstić information content (AvgIpc) is 2.78. The van der Waals surface area contributed by atoms with Crippen LogP contribution >= 0.6 is 0 Å². The Morgan fingerprint density at radius 1 is 0.931 bits per heavy atom. The second kappa shape index (κ2) is 9.41. The van der Waals surface area contributed by atoms with Crippen molar-refractivity contribution in [2.75, 3.05) is 26.6 Å². The molecule has 1 heterocycles. The third-order valence-corrected chi connectivity index (χ3v) is 4.15. The Morgan fingerprint density at radius 2 is 1.66 bits per heavy atom. The lowest BCUT2D eigenvalue weighted by Crippen LogP contribution is -2.24. The van der Waals surface area contributed by atoms with Gasteiger partial charge in [0.15, 0.2) is 0 Å². The molecule has 0 fully saturated rings. The van der Waals surface area contributed by atoms with Gasteiger partial charge < -0.3 is 24.8 Å². The number of anilines is 2. The van der Waals surface area contributed by atoms with Gasteiger partial charge >= 0.3 is 0 Å². The van der Waals surface area contributed by atoms with E-state index in [1.54, 1.807) is 45.6 Å². The fraction of sp³-hybridized carbons (Fsp3) is 0.190. The normalized spacial score (nSPS) is 10.2. The van der Waals surface area contributed by atoms with Gasteiger partial charge in [-0.2, -0.15) is 0 Å². The van der Waals surface area contributed by atoms with Crippen LogP contribution in [0, 0.1) is 0 Å². The standard InChI is InChI=1S/C21H22N4O4/c1-27-15-6-4-14(5-7-15)13-23-20(26)17-10-11-22-21(24-17)25-18-12-16(28-2)8-9-19(18)29-3/h4-12H,13H2,1-3H3,(H,23,26)(H,22,24,25). The summed E-state index contributed by atoms with van der Waals surface area (Å²) < 4.78 is 15.7. The van der Waals surface area contributed by atoms with Gasteiger partial charge in [0.2, 0.25) is 5.95 Å². The molecule has 0 spiro atoms. The minimum atomic E-state index is -0.302. The molecule has 0 saturated carbocycles. The number of rotatable bonds is 8. The van der Waals surface area contributed by atoms with Gasteiger partial charge in [-0.1, -0.05) is 12.1 Å². The summed E-state index contributed by atoms with van der Waals surface area (Å²) in [7, 11) is 4.76. The molecular weight excluding hydrogens is 372 g/mol. The summed E-state index contributed by atoms with van der Waals surface area (Å²) in [4.78, 5) is 20.9. The van der Waals surface area contributed by atoms with E-state index in [-0.39, 0.29) is 17.5 Å². The molecule has 0 aliphatic rings. The molecule has 2 N–H and O–H groups in total. The zero-order chi connectivity index (χ0) is 20.6. The van der Waals surface area contributed by atoms with E-state index in [4.69, 9.17) is 14.2 Å². The Hall–Kier alpha value is -3.81. The number of methoxy groups -OCH3 is 3. The summed E-state index contributed by atoms with van der Waals surface area (Å²) in [5.74, 6) is 1.99. The first-order valence-electron chi connectivity index (χ1n) is 8.86. The van der Waals surface area contributed by atoms with Crippen LogP contribution < -0.4 is 24.8 Å². The molecule has 0 aliphatic heterocycles. The maximum atomic E-state index is 12.5. The molecule has 1 amide bonds. The number of hydrogen-bond acceptors (Lipinski definition) is 7. The van der Waals surface area contributed by atoms with Crippen molar-refractivity contribution in [1.82, 2.24) is 15.3 Å². The fourth-order valence-corrected chi connectivity index (χ4v) is 2.59. The number of amides is 1. The minimum absolute atomic E-state index is 0.248. The lowest BCUT2D eigenvalue weighted by atomic mass is 10.2. The number of nitrogens with one attached hydrogen (secondary N) is 2.